The Labute approximate surface area is 165 Å². The molecular weight excluding hydrogens is 364 g/mol. The molecule has 2 N–H and O–H groups in total. The molecule has 2 aromatic rings. The topological polar surface area (TPSA) is 64.8 Å². The van der Waals surface area contributed by atoms with E-state index in [2.05, 4.69) is 12.1 Å². The lowest BCUT2D eigenvalue weighted by atomic mass is 9.95. The van der Waals surface area contributed by atoms with Crippen LogP contribution in [0.15, 0.2) is 54.1 Å². The second kappa shape index (κ2) is 8.03. The lowest BCUT2D eigenvalue weighted by Gasteiger charge is -2.23. The maximum atomic E-state index is 13.0. The number of ether oxygens (including phenoxy) is 2. The molecule has 5 nitrogen and oxygen atoms in total. The molecule has 0 bridgehead atoms. The Kier molecular flexibility index (Phi) is 5.73. The molecule has 0 saturated carbocycles. The minimum atomic E-state index is -0.0566. The number of halogens is 1. The van der Waals surface area contributed by atoms with E-state index in [1.165, 1.54) is 5.56 Å². The Morgan fingerprint density at radius 2 is 1.93 bits per heavy atom. The lowest BCUT2D eigenvalue weighted by Crippen LogP contribution is -2.34. The zero-order valence-corrected chi connectivity index (χ0v) is 15.9. The van der Waals surface area contributed by atoms with Crippen molar-refractivity contribution in [2.75, 3.05) is 26.8 Å². The first-order chi connectivity index (χ1) is 12.7. The van der Waals surface area contributed by atoms with E-state index in [1.807, 2.05) is 47.4 Å². The first kappa shape index (κ1) is 19.3. The zero-order chi connectivity index (χ0) is 18.1. The quantitative estimate of drug-likeness (QED) is 0.880. The maximum absolute atomic E-state index is 13.0. The van der Waals surface area contributed by atoms with Crippen LogP contribution in [0.3, 0.4) is 0 Å². The van der Waals surface area contributed by atoms with E-state index in [0.29, 0.717) is 30.2 Å². The van der Waals surface area contributed by atoms with Crippen LogP contribution < -0.4 is 15.2 Å². The number of amides is 1. The van der Waals surface area contributed by atoms with E-state index < -0.39 is 0 Å². The van der Waals surface area contributed by atoms with Gasteiger partial charge < -0.3 is 20.1 Å². The number of likely N-dealkylation sites (tertiary alicyclic amines) is 1. The van der Waals surface area contributed by atoms with Gasteiger partial charge in [0.05, 0.1) is 12.7 Å². The van der Waals surface area contributed by atoms with Gasteiger partial charge in [0, 0.05) is 30.6 Å². The molecule has 2 aromatic carbocycles. The third-order valence-corrected chi connectivity index (χ3v) is 5.09. The molecule has 0 unspecified atom stereocenters. The number of benzene rings is 2. The van der Waals surface area contributed by atoms with E-state index in [0.717, 1.165) is 5.56 Å². The SMILES string of the molecule is COc1cccc2c1OCC(C(=O)N1C[C@@H](N)[C@H](c3ccccc3)C1)=C2.Cl. The van der Waals surface area contributed by atoms with E-state index in [-0.39, 0.29) is 36.9 Å². The van der Waals surface area contributed by atoms with Crippen LogP contribution in [0.5, 0.6) is 11.5 Å². The van der Waals surface area contributed by atoms with Crippen molar-refractivity contribution < 1.29 is 14.3 Å². The highest BCUT2D eigenvalue weighted by Crippen LogP contribution is 2.36. The minimum absolute atomic E-state index is 0. The molecule has 6 heteroatoms. The Morgan fingerprint density at radius 1 is 1.15 bits per heavy atom. The summed E-state index contributed by atoms with van der Waals surface area (Å²) in [4.78, 5) is 14.8. The average molecular weight is 387 g/mol. The number of nitrogens with zero attached hydrogens (tertiary/aromatic N) is 1. The van der Waals surface area contributed by atoms with E-state index in [1.54, 1.807) is 7.11 Å². The number of carbonyl (C=O) groups is 1. The van der Waals surface area contributed by atoms with Gasteiger partial charge >= 0.3 is 0 Å². The van der Waals surface area contributed by atoms with E-state index in [4.69, 9.17) is 15.2 Å². The van der Waals surface area contributed by atoms with Gasteiger partial charge in [-0.05, 0) is 17.7 Å². The van der Waals surface area contributed by atoms with Crippen LogP contribution in [0.2, 0.25) is 0 Å². The number of carbonyl (C=O) groups excluding carboxylic acids is 1. The largest absolute Gasteiger partial charge is 0.493 e. The number of nitrogens with two attached hydrogens (primary N) is 1. The third-order valence-electron chi connectivity index (χ3n) is 5.09. The van der Waals surface area contributed by atoms with Crippen LogP contribution in [0.1, 0.15) is 17.0 Å². The third kappa shape index (κ3) is 3.66. The molecule has 27 heavy (non-hydrogen) atoms. The molecule has 0 spiro atoms. The van der Waals surface area contributed by atoms with Gasteiger partial charge in [-0.15, -0.1) is 12.4 Å². The van der Waals surface area contributed by atoms with Crippen molar-refractivity contribution in [3.63, 3.8) is 0 Å². The van der Waals surface area contributed by atoms with E-state index in [9.17, 15) is 4.79 Å². The summed E-state index contributed by atoms with van der Waals surface area (Å²) in [5.74, 6) is 1.52. The van der Waals surface area contributed by atoms with Crippen LogP contribution >= 0.6 is 12.4 Å². The van der Waals surface area contributed by atoms with Crippen LogP contribution in [0.4, 0.5) is 0 Å². The molecule has 0 aliphatic carbocycles. The first-order valence-electron chi connectivity index (χ1n) is 8.77. The summed E-state index contributed by atoms with van der Waals surface area (Å²) in [6.45, 7) is 1.43. The molecule has 2 aliphatic heterocycles. The molecule has 0 aromatic heterocycles. The highest BCUT2D eigenvalue weighted by atomic mass is 35.5. The Morgan fingerprint density at radius 3 is 2.67 bits per heavy atom. The summed E-state index contributed by atoms with van der Waals surface area (Å²) >= 11 is 0. The zero-order valence-electron chi connectivity index (χ0n) is 15.1. The fraction of sp³-hybridized carbons (Fsp3) is 0.286. The number of rotatable bonds is 3. The summed E-state index contributed by atoms with van der Waals surface area (Å²) in [5.41, 5.74) is 9.01. The van der Waals surface area contributed by atoms with E-state index >= 15 is 0 Å². The summed E-state index contributed by atoms with van der Waals surface area (Å²) < 4.78 is 11.1. The molecule has 142 valence electrons. The van der Waals surface area contributed by atoms with Crippen molar-refractivity contribution in [2.45, 2.75) is 12.0 Å². The second-order valence-corrected chi connectivity index (χ2v) is 6.73. The molecule has 1 fully saturated rings. The molecule has 0 radical (unpaired) electrons. The first-order valence-corrected chi connectivity index (χ1v) is 8.77. The van der Waals surface area contributed by atoms with Gasteiger partial charge in [0.1, 0.15) is 6.61 Å². The van der Waals surface area contributed by atoms with Crippen molar-refractivity contribution in [1.82, 2.24) is 4.90 Å². The monoisotopic (exact) mass is 386 g/mol. The van der Waals surface area contributed by atoms with Crippen molar-refractivity contribution in [3.8, 4) is 11.5 Å². The smallest absolute Gasteiger partial charge is 0.253 e. The highest BCUT2D eigenvalue weighted by Gasteiger charge is 2.35. The fourth-order valence-corrected chi connectivity index (χ4v) is 3.72. The van der Waals surface area contributed by atoms with Crippen molar-refractivity contribution in [1.29, 1.82) is 0 Å². The van der Waals surface area contributed by atoms with Gasteiger partial charge in [0.2, 0.25) is 0 Å². The normalized spacial score (nSPS) is 20.8. The standard InChI is InChI=1S/C21H22N2O3.ClH/c1-25-19-9-5-8-15-10-16(13-26-20(15)19)21(24)23-11-17(18(22)12-23)14-6-3-2-4-7-14;/h2-10,17-18H,11-13,22H2,1H3;1H/t17-,18+;/m0./s1. The van der Waals surface area contributed by atoms with Crippen molar-refractivity contribution in [2.24, 2.45) is 5.73 Å². The molecular formula is C21H23ClN2O3. The van der Waals surface area contributed by atoms with Gasteiger partial charge in [0.15, 0.2) is 11.5 Å². The molecule has 1 amide bonds. The Bertz CT molecular complexity index is 854. The lowest BCUT2D eigenvalue weighted by molar-refractivity contribution is -0.126. The summed E-state index contributed by atoms with van der Waals surface area (Å²) in [5, 5.41) is 0. The maximum Gasteiger partial charge on any atom is 0.253 e. The Hall–Kier alpha value is -2.50. The average Bonchev–Trinajstić information content (AvgIpc) is 3.08. The molecule has 2 heterocycles. The van der Waals surface area contributed by atoms with Crippen LogP contribution in [0.25, 0.3) is 6.08 Å². The predicted octanol–water partition coefficient (Wildman–Crippen LogP) is 2.85. The van der Waals surface area contributed by atoms with Crippen molar-refractivity contribution in [3.05, 3.63) is 65.2 Å². The number of hydrogen-bond donors (Lipinski definition) is 1. The summed E-state index contributed by atoms with van der Waals surface area (Å²) in [6, 6.07) is 15.8. The van der Waals surface area contributed by atoms with Gasteiger partial charge in [0.25, 0.3) is 5.91 Å². The van der Waals surface area contributed by atoms with Crippen LogP contribution in [0, 0.1) is 0 Å². The van der Waals surface area contributed by atoms with Crippen LogP contribution in [-0.2, 0) is 4.79 Å². The number of para-hydroxylation sites is 1. The molecule has 2 atom stereocenters. The van der Waals surface area contributed by atoms with Crippen molar-refractivity contribution >= 4 is 24.4 Å². The molecule has 2 aliphatic rings. The van der Waals surface area contributed by atoms with Gasteiger partial charge in [-0.3, -0.25) is 4.79 Å². The summed E-state index contributed by atoms with van der Waals surface area (Å²) in [6.07, 6.45) is 1.89. The molecule has 1 saturated heterocycles. The van der Waals surface area contributed by atoms with Gasteiger partial charge in [-0.1, -0.05) is 42.5 Å². The number of methoxy groups -OCH3 is 1. The predicted molar refractivity (Wildman–Crippen MR) is 107 cm³/mol. The van der Waals surface area contributed by atoms with Gasteiger partial charge in [-0.25, -0.2) is 0 Å². The minimum Gasteiger partial charge on any atom is -0.493 e. The second-order valence-electron chi connectivity index (χ2n) is 6.73. The van der Waals surface area contributed by atoms with Gasteiger partial charge in [-0.2, -0.15) is 0 Å². The fourth-order valence-electron chi connectivity index (χ4n) is 3.72. The summed E-state index contributed by atoms with van der Waals surface area (Å²) in [7, 11) is 1.61. The Balaban J connectivity index is 0.00000210. The van der Waals surface area contributed by atoms with Crippen LogP contribution in [-0.4, -0.2) is 43.7 Å². The molecule has 4 rings (SSSR count). The highest BCUT2D eigenvalue weighted by molar-refractivity contribution is 5.99. The number of fused-ring (bicyclic) bond motifs is 1. The number of hydrogen-bond acceptors (Lipinski definition) is 4.